The third kappa shape index (κ3) is 2.11. The summed E-state index contributed by atoms with van der Waals surface area (Å²) in [6.07, 6.45) is 3.24. The molecule has 1 aromatic heterocycles. The molecule has 0 bridgehead atoms. The van der Waals surface area contributed by atoms with Gasteiger partial charge in [-0.2, -0.15) is 0 Å². The van der Waals surface area contributed by atoms with Gasteiger partial charge in [0.25, 0.3) is 0 Å². The molecule has 1 saturated heterocycles. The first kappa shape index (κ1) is 12.9. The Hall–Kier alpha value is -2.10. The van der Waals surface area contributed by atoms with Crippen LogP contribution in [0.2, 0.25) is 0 Å². The third-order valence-corrected chi connectivity index (χ3v) is 4.05. The third-order valence-electron chi connectivity index (χ3n) is 4.05. The predicted octanol–water partition coefficient (Wildman–Crippen LogP) is 3.31. The first-order valence-electron chi connectivity index (χ1n) is 7.10. The van der Waals surface area contributed by atoms with Gasteiger partial charge in [0.2, 0.25) is 0 Å². The monoisotopic (exact) mass is 270 g/mol. The van der Waals surface area contributed by atoms with Crippen molar-refractivity contribution < 1.29 is 9.90 Å². The van der Waals surface area contributed by atoms with Crippen LogP contribution in [0.1, 0.15) is 36.5 Å². The van der Waals surface area contributed by atoms with Crippen LogP contribution in [-0.2, 0) is 0 Å². The van der Waals surface area contributed by atoms with Crippen molar-refractivity contribution >= 4 is 22.7 Å². The van der Waals surface area contributed by atoms with E-state index in [4.69, 9.17) is 0 Å². The van der Waals surface area contributed by atoms with Crippen LogP contribution < -0.4 is 4.90 Å². The highest BCUT2D eigenvalue weighted by molar-refractivity contribution is 5.98. The molecular weight excluding hydrogens is 252 g/mol. The molecule has 3 rings (SSSR count). The van der Waals surface area contributed by atoms with Crippen molar-refractivity contribution in [3.63, 3.8) is 0 Å². The fourth-order valence-corrected chi connectivity index (χ4v) is 3.02. The number of carboxylic acid groups (broad SMARTS) is 1. The van der Waals surface area contributed by atoms with Crippen molar-refractivity contribution in [2.45, 2.75) is 32.2 Å². The lowest BCUT2D eigenvalue weighted by atomic mass is 10.1. The smallest absolute Gasteiger partial charge is 0.339 e. The van der Waals surface area contributed by atoms with Crippen LogP contribution in [0.3, 0.4) is 0 Å². The predicted molar refractivity (Wildman–Crippen MR) is 79.4 cm³/mol. The van der Waals surface area contributed by atoms with Crippen LogP contribution in [0, 0.1) is 0 Å². The number of carboxylic acids is 1. The summed E-state index contributed by atoms with van der Waals surface area (Å²) in [4.78, 5) is 18.3. The SMILES string of the molecule is CCC1CCCN1c1nc2ccccc2cc1C(=O)O. The molecule has 1 aliphatic heterocycles. The average molecular weight is 270 g/mol. The number of rotatable bonds is 3. The Morgan fingerprint density at radius 2 is 2.25 bits per heavy atom. The highest BCUT2D eigenvalue weighted by Gasteiger charge is 2.28. The molecule has 104 valence electrons. The van der Waals surface area contributed by atoms with Gasteiger partial charge in [-0.05, 0) is 31.4 Å². The van der Waals surface area contributed by atoms with Crippen molar-refractivity contribution in [2.75, 3.05) is 11.4 Å². The highest BCUT2D eigenvalue weighted by Crippen LogP contribution is 2.30. The Labute approximate surface area is 118 Å². The Morgan fingerprint density at radius 3 is 3.00 bits per heavy atom. The molecule has 1 fully saturated rings. The molecule has 2 aromatic rings. The average Bonchev–Trinajstić information content (AvgIpc) is 2.94. The highest BCUT2D eigenvalue weighted by atomic mass is 16.4. The van der Waals surface area contributed by atoms with E-state index in [1.54, 1.807) is 6.07 Å². The summed E-state index contributed by atoms with van der Waals surface area (Å²) < 4.78 is 0. The van der Waals surface area contributed by atoms with Crippen molar-refractivity contribution in [1.82, 2.24) is 4.98 Å². The summed E-state index contributed by atoms with van der Waals surface area (Å²) in [5.41, 5.74) is 1.17. The van der Waals surface area contributed by atoms with Crippen LogP contribution in [0.25, 0.3) is 10.9 Å². The molecule has 0 spiro atoms. The molecule has 20 heavy (non-hydrogen) atoms. The molecule has 4 heteroatoms. The fraction of sp³-hybridized carbons (Fsp3) is 0.375. The maximum Gasteiger partial charge on any atom is 0.339 e. The van der Waals surface area contributed by atoms with Gasteiger partial charge >= 0.3 is 5.97 Å². The summed E-state index contributed by atoms with van der Waals surface area (Å²) in [5, 5.41) is 10.4. The number of para-hydroxylation sites is 1. The summed E-state index contributed by atoms with van der Waals surface area (Å²) in [6.45, 7) is 3.04. The zero-order valence-corrected chi connectivity index (χ0v) is 11.5. The van der Waals surface area contributed by atoms with E-state index < -0.39 is 5.97 Å². The quantitative estimate of drug-likeness (QED) is 0.929. The summed E-state index contributed by atoms with van der Waals surface area (Å²) in [5.74, 6) is -0.277. The van der Waals surface area contributed by atoms with Gasteiger partial charge in [-0.1, -0.05) is 25.1 Å². The van der Waals surface area contributed by atoms with Gasteiger partial charge in [0.15, 0.2) is 0 Å². The fourth-order valence-electron chi connectivity index (χ4n) is 3.02. The van der Waals surface area contributed by atoms with E-state index in [-0.39, 0.29) is 0 Å². The lowest BCUT2D eigenvalue weighted by Crippen LogP contribution is -2.31. The summed E-state index contributed by atoms with van der Waals surface area (Å²) >= 11 is 0. The molecule has 1 aromatic carbocycles. The molecule has 0 saturated carbocycles. The number of aromatic carboxylic acids is 1. The second-order valence-corrected chi connectivity index (χ2v) is 5.26. The molecule has 0 aliphatic carbocycles. The second-order valence-electron chi connectivity index (χ2n) is 5.26. The van der Waals surface area contributed by atoms with E-state index in [2.05, 4.69) is 16.8 Å². The number of benzene rings is 1. The van der Waals surface area contributed by atoms with E-state index >= 15 is 0 Å². The van der Waals surface area contributed by atoms with Gasteiger partial charge in [0.05, 0.1) is 5.52 Å². The Balaban J connectivity index is 2.17. The first-order valence-corrected chi connectivity index (χ1v) is 7.10. The van der Waals surface area contributed by atoms with E-state index in [0.717, 1.165) is 36.7 Å². The van der Waals surface area contributed by atoms with Crippen LogP contribution in [-0.4, -0.2) is 28.6 Å². The van der Waals surface area contributed by atoms with Crippen molar-refractivity contribution in [2.24, 2.45) is 0 Å². The topological polar surface area (TPSA) is 53.4 Å². The second kappa shape index (κ2) is 5.12. The number of carbonyl (C=O) groups is 1. The minimum atomic E-state index is -0.903. The number of nitrogens with zero attached hydrogens (tertiary/aromatic N) is 2. The van der Waals surface area contributed by atoms with Gasteiger partial charge in [0, 0.05) is 18.0 Å². The Kier molecular flexibility index (Phi) is 3.30. The minimum Gasteiger partial charge on any atom is -0.478 e. The number of pyridine rings is 1. The lowest BCUT2D eigenvalue weighted by Gasteiger charge is -2.26. The van der Waals surface area contributed by atoms with E-state index in [9.17, 15) is 9.90 Å². The van der Waals surface area contributed by atoms with Crippen molar-refractivity contribution in [1.29, 1.82) is 0 Å². The zero-order chi connectivity index (χ0) is 14.1. The van der Waals surface area contributed by atoms with E-state index in [1.807, 2.05) is 24.3 Å². The Bertz CT molecular complexity index is 654. The normalized spacial score (nSPS) is 18.6. The molecule has 1 aliphatic rings. The van der Waals surface area contributed by atoms with Crippen LogP contribution >= 0.6 is 0 Å². The number of hydrogen-bond donors (Lipinski definition) is 1. The van der Waals surface area contributed by atoms with Gasteiger partial charge in [0.1, 0.15) is 11.4 Å². The zero-order valence-electron chi connectivity index (χ0n) is 11.5. The summed E-state index contributed by atoms with van der Waals surface area (Å²) in [7, 11) is 0. The molecule has 1 atom stereocenters. The largest absolute Gasteiger partial charge is 0.478 e. The van der Waals surface area contributed by atoms with Crippen molar-refractivity contribution in [3.8, 4) is 0 Å². The van der Waals surface area contributed by atoms with E-state index in [0.29, 0.717) is 17.4 Å². The molecule has 1 N–H and O–H groups in total. The van der Waals surface area contributed by atoms with Gasteiger partial charge in [-0.25, -0.2) is 9.78 Å². The van der Waals surface area contributed by atoms with Crippen LogP contribution in [0.15, 0.2) is 30.3 Å². The van der Waals surface area contributed by atoms with Crippen LogP contribution in [0.5, 0.6) is 0 Å². The summed E-state index contributed by atoms with van der Waals surface area (Å²) in [6, 6.07) is 9.81. The standard InChI is InChI=1S/C16H18N2O2/c1-2-12-7-5-9-18(12)15-13(16(19)20)10-11-6-3-4-8-14(11)17-15/h3-4,6,8,10,12H,2,5,7,9H2,1H3,(H,19,20). The Morgan fingerprint density at radius 1 is 1.45 bits per heavy atom. The lowest BCUT2D eigenvalue weighted by molar-refractivity contribution is 0.0697. The van der Waals surface area contributed by atoms with Gasteiger partial charge < -0.3 is 10.0 Å². The number of anilines is 1. The molecule has 0 radical (unpaired) electrons. The van der Waals surface area contributed by atoms with Crippen LogP contribution in [0.4, 0.5) is 5.82 Å². The molecular formula is C16H18N2O2. The molecule has 2 heterocycles. The first-order chi connectivity index (χ1) is 9.70. The maximum atomic E-state index is 11.6. The minimum absolute atomic E-state index is 0.309. The van der Waals surface area contributed by atoms with Gasteiger partial charge in [-0.15, -0.1) is 0 Å². The maximum absolute atomic E-state index is 11.6. The molecule has 4 nitrogen and oxygen atoms in total. The number of hydrogen-bond acceptors (Lipinski definition) is 3. The number of fused-ring (bicyclic) bond motifs is 1. The molecule has 1 unspecified atom stereocenters. The molecule has 0 amide bonds. The van der Waals surface area contributed by atoms with E-state index in [1.165, 1.54) is 0 Å². The van der Waals surface area contributed by atoms with Gasteiger partial charge in [-0.3, -0.25) is 0 Å². The van der Waals surface area contributed by atoms with Crippen molar-refractivity contribution in [3.05, 3.63) is 35.9 Å². The number of aromatic nitrogens is 1.